The maximum atomic E-state index is 9.97. The number of benzene rings is 1. The van der Waals surface area contributed by atoms with Gasteiger partial charge in [-0.1, -0.05) is 32.9 Å². The minimum absolute atomic E-state index is 0.00405. The molecule has 2 heteroatoms. The molecule has 22 heavy (non-hydrogen) atoms. The number of hydrogen-bond acceptors (Lipinski definition) is 2. The van der Waals surface area contributed by atoms with Crippen LogP contribution in [0.3, 0.4) is 0 Å². The molecule has 0 radical (unpaired) electrons. The van der Waals surface area contributed by atoms with Gasteiger partial charge in [0.25, 0.3) is 0 Å². The van der Waals surface area contributed by atoms with Gasteiger partial charge in [0.2, 0.25) is 0 Å². The Bertz CT molecular complexity index is 551. The lowest BCUT2D eigenvalue weighted by molar-refractivity contribution is -0.0942. The third kappa shape index (κ3) is 2.56. The van der Waals surface area contributed by atoms with E-state index in [0.717, 1.165) is 37.9 Å². The van der Waals surface area contributed by atoms with Gasteiger partial charge in [0.1, 0.15) is 11.4 Å². The van der Waals surface area contributed by atoms with Crippen LogP contribution in [-0.2, 0) is 6.42 Å². The van der Waals surface area contributed by atoms with Gasteiger partial charge in [0.05, 0.1) is 0 Å². The SMILES string of the molecule is CC(C)c1ccc2c(c1)CCC1C(C)(CO)CCCC1(C)O2. The molecule has 3 unspecified atom stereocenters. The van der Waals surface area contributed by atoms with Crippen LogP contribution in [0.1, 0.15) is 70.4 Å². The molecule has 1 saturated carbocycles. The second kappa shape index (κ2) is 5.56. The zero-order valence-electron chi connectivity index (χ0n) is 14.5. The minimum Gasteiger partial charge on any atom is -0.487 e. The van der Waals surface area contributed by atoms with Crippen molar-refractivity contribution in [2.24, 2.45) is 11.3 Å². The third-order valence-electron chi connectivity index (χ3n) is 6.16. The summed E-state index contributed by atoms with van der Waals surface area (Å²) in [7, 11) is 0. The fourth-order valence-electron chi connectivity index (χ4n) is 4.70. The summed E-state index contributed by atoms with van der Waals surface area (Å²) in [5, 5.41) is 9.97. The van der Waals surface area contributed by atoms with E-state index in [2.05, 4.69) is 45.9 Å². The van der Waals surface area contributed by atoms with Crippen molar-refractivity contribution < 1.29 is 9.84 Å². The van der Waals surface area contributed by atoms with E-state index in [4.69, 9.17) is 4.74 Å². The number of hydrogen-bond donors (Lipinski definition) is 1. The first-order valence-corrected chi connectivity index (χ1v) is 8.81. The Morgan fingerprint density at radius 2 is 2.05 bits per heavy atom. The lowest BCUT2D eigenvalue weighted by Crippen LogP contribution is -2.52. The normalized spacial score (nSPS) is 34.5. The second-order valence-electron chi connectivity index (χ2n) is 8.19. The molecule has 0 aromatic heterocycles. The molecule has 2 nitrogen and oxygen atoms in total. The van der Waals surface area contributed by atoms with Crippen LogP contribution in [0.5, 0.6) is 5.75 Å². The van der Waals surface area contributed by atoms with Crippen molar-refractivity contribution in [3.63, 3.8) is 0 Å². The van der Waals surface area contributed by atoms with Crippen LogP contribution in [0.4, 0.5) is 0 Å². The molecule has 0 saturated heterocycles. The highest BCUT2D eigenvalue weighted by molar-refractivity contribution is 5.40. The largest absolute Gasteiger partial charge is 0.487 e. The molecule has 2 aliphatic rings. The van der Waals surface area contributed by atoms with E-state index in [0.29, 0.717) is 11.8 Å². The Hall–Kier alpha value is -1.02. The first-order valence-electron chi connectivity index (χ1n) is 8.81. The molecule has 1 aromatic carbocycles. The lowest BCUT2D eigenvalue weighted by Gasteiger charge is -2.50. The molecule has 1 aliphatic carbocycles. The van der Waals surface area contributed by atoms with Gasteiger partial charge in [-0.2, -0.15) is 0 Å². The first kappa shape index (κ1) is 15.9. The van der Waals surface area contributed by atoms with Crippen molar-refractivity contribution >= 4 is 0 Å². The van der Waals surface area contributed by atoms with Gasteiger partial charge in [-0.05, 0) is 67.6 Å². The highest BCUT2D eigenvalue weighted by Gasteiger charge is 2.51. The first-order chi connectivity index (χ1) is 10.4. The van der Waals surface area contributed by atoms with E-state index in [1.54, 1.807) is 0 Å². The summed E-state index contributed by atoms with van der Waals surface area (Å²) in [5.41, 5.74) is 2.60. The van der Waals surface area contributed by atoms with Crippen molar-refractivity contribution in [2.45, 2.75) is 71.3 Å². The summed E-state index contributed by atoms with van der Waals surface area (Å²) >= 11 is 0. The van der Waals surface area contributed by atoms with Crippen LogP contribution < -0.4 is 4.74 Å². The number of aliphatic hydroxyl groups is 1. The third-order valence-corrected chi connectivity index (χ3v) is 6.16. The fourth-order valence-corrected chi connectivity index (χ4v) is 4.70. The summed E-state index contributed by atoms with van der Waals surface area (Å²) in [4.78, 5) is 0. The van der Waals surface area contributed by atoms with Gasteiger partial charge in [-0.3, -0.25) is 0 Å². The van der Waals surface area contributed by atoms with Crippen LogP contribution in [0, 0.1) is 11.3 Å². The Morgan fingerprint density at radius 1 is 1.27 bits per heavy atom. The van der Waals surface area contributed by atoms with Crippen LogP contribution in [0.2, 0.25) is 0 Å². The number of aryl methyl sites for hydroxylation is 1. The van der Waals surface area contributed by atoms with Crippen molar-refractivity contribution in [1.82, 2.24) is 0 Å². The number of rotatable bonds is 2. The van der Waals surface area contributed by atoms with Crippen LogP contribution in [0.25, 0.3) is 0 Å². The predicted octanol–water partition coefficient (Wildman–Crippen LogP) is 4.69. The molecule has 122 valence electrons. The average Bonchev–Trinajstić information content (AvgIpc) is 2.62. The second-order valence-corrected chi connectivity index (χ2v) is 8.19. The molecular formula is C20H30O2. The molecule has 1 N–H and O–H groups in total. The van der Waals surface area contributed by atoms with Crippen LogP contribution in [0.15, 0.2) is 18.2 Å². The maximum absolute atomic E-state index is 9.97. The number of fused-ring (bicyclic) bond motifs is 2. The topological polar surface area (TPSA) is 29.5 Å². The summed E-state index contributed by atoms with van der Waals surface area (Å²) in [5.74, 6) is 2.04. The van der Waals surface area contributed by atoms with Crippen molar-refractivity contribution in [2.75, 3.05) is 6.61 Å². The van der Waals surface area contributed by atoms with E-state index >= 15 is 0 Å². The maximum Gasteiger partial charge on any atom is 0.123 e. The molecule has 1 fully saturated rings. The van der Waals surface area contributed by atoms with Gasteiger partial charge in [0.15, 0.2) is 0 Å². The number of ether oxygens (including phenoxy) is 1. The minimum atomic E-state index is -0.139. The fraction of sp³-hybridized carbons (Fsp3) is 0.700. The summed E-state index contributed by atoms with van der Waals surface area (Å²) < 4.78 is 6.57. The van der Waals surface area contributed by atoms with E-state index in [9.17, 15) is 5.11 Å². The van der Waals surface area contributed by atoms with E-state index in [1.807, 2.05) is 0 Å². The standard InChI is InChI=1S/C20H30O2/c1-14(2)15-6-8-17-16(12-15)7-9-18-19(3,13-21)10-5-11-20(18,4)22-17/h6,8,12,14,18,21H,5,7,9-11,13H2,1-4H3. The number of aliphatic hydroxyl groups excluding tert-OH is 1. The molecule has 3 atom stereocenters. The zero-order chi connectivity index (χ0) is 16.0. The smallest absolute Gasteiger partial charge is 0.123 e. The quantitative estimate of drug-likeness (QED) is 0.858. The Morgan fingerprint density at radius 3 is 2.73 bits per heavy atom. The van der Waals surface area contributed by atoms with Crippen LogP contribution in [-0.4, -0.2) is 17.3 Å². The molecule has 0 bridgehead atoms. The molecule has 1 heterocycles. The Kier molecular flexibility index (Phi) is 4.01. The van der Waals surface area contributed by atoms with Gasteiger partial charge in [-0.25, -0.2) is 0 Å². The molecule has 3 rings (SSSR count). The molecular weight excluding hydrogens is 272 g/mol. The molecule has 0 amide bonds. The summed E-state index contributed by atoms with van der Waals surface area (Å²) in [6, 6.07) is 6.71. The monoisotopic (exact) mass is 302 g/mol. The molecule has 1 aromatic rings. The Labute approximate surface area is 134 Å². The lowest BCUT2D eigenvalue weighted by atomic mass is 9.60. The van der Waals surface area contributed by atoms with Crippen LogP contribution >= 0.6 is 0 Å². The Balaban J connectivity index is 1.97. The van der Waals surface area contributed by atoms with Crippen molar-refractivity contribution in [3.05, 3.63) is 29.3 Å². The van der Waals surface area contributed by atoms with Crippen molar-refractivity contribution in [1.29, 1.82) is 0 Å². The van der Waals surface area contributed by atoms with E-state index < -0.39 is 0 Å². The van der Waals surface area contributed by atoms with E-state index in [1.165, 1.54) is 11.1 Å². The highest BCUT2D eigenvalue weighted by atomic mass is 16.5. The average molecular weight is 302 g/mol. The van der Waals surface area contributed by atoms with Crippen molar-refractivity contribution in [3.8, 4) is 5.75 Å². The van der Waals surface area contributed by atoms with Gasteiger partial charge >= 0.3 is 0 Å². The molecule has 1 aliphatic heterocycles. The van der Waals surface area contributed by atoms with Gasteiger partial charge in [0, 0.05) is 12.5 Å². The summed E-state index contributed by atoms with van der Waals surface area (Å²) in [6.07, 6.45) is 5.52. The molecule has 0 spiro atoms. The predicted molar refractivity (Wildman–Crippen MR) is 90.4 cm³/mol. The van der Waals surface area contributed by atoms with E-state index in [-0.39, 0.29) is 17.6 Å². The summed E-state index contributed by atoms with van der Waals surface area (Å²) in [6.45, 7) is 9.25. The van der Waals surface area contributed by atoms with Gasteiger partial charge in [-0.15, -0.1) is 0 Å². The highest BCUT2D eigenvalue weighted by Crippen LogP contribution is 2.52. The zero-order valence-corrected chi connectivity index (χ0v) is 14.5. The van der Waals surface area contributed by atoms with Gasteiger partial charge < -0.3 is 9.84 Å².